The maximum atomic E-state index is 4.38. The van der Waals surface area contributed by atoms with Crippen LogP contribution in [0.1, 0.15) is 27.8 Å². The molecule has 2 atom stereocenters. The van der Waals surface area contributed by atoms with Gasteiger partial charge in [-0.15, -0.1) is 11.3 Å². The fraction of sp³-hybridized carbons (Fsp3) is 0.412. The number of rotatable bonds is 5. The van der Waals surface area contributed by atoms with Gasteiger partial charge in [0.25, 0.3) is 0 Å². The van der Waals surface area contributed by atoms with Crippen LogP contribution in [0.15, 0.2) is 39.9 Å². The summed E-state index contributed by atoms with van der Waals surface area (Å²) in [5.41, 5.74) is 1.39. The average Bonchev–Trinajstić information content (AvgIpc) is 3.19. The first-order valence-corrected chi connectivity index (χ1v) is 9.40. The van der Waals surface area contributed by atoms with Gasteiger partial charge < -0.3 is 10.6 Å². The Morgan fingerprint density at radius 1 is 1.39 bits per heavy atom. The van der Waals surface area contributed by atoms with E-state index in [9.17, 15) is 0 Å². The van der Waals surface area contributed by atoms with E-state index in [1.165, 1.54) is 15.4 Å². The molecule has 6 heteroatoms. The Hall–Kier alpha value is -1.40. The standard InChI is InChI=1S/C17H21BrN4S/c1-11-10-21-16(23-11)7-8-20-17(19-2)22-15-9-14(15)12-3-5-13(18)6-4-12/h3-6,10,14-15H,7-9H2,1-2H3,(H2,19,20,22). The monoisotopic (exact) mass is 392 g/mol. The molecule has 0 bridgehead atoms. The van der Waals surface area contributed by atoms with Gasteiger partial charge in [-0.05, 0) is 31.0 Å². The molecule has 0 amide bonds. The quantitative estimate of drug-likeness (QED) is 0.604. The lowest BCUT2D eigenvalue weighted by molar-refractivity contribution is 0.778. The van der Waals surface area contributed by atoms with Gasteiger partial charge in [-0.2, -0.15) is 0 Å². The summed E-state index contributed by atoms with van der Waals surface area (Å²) in [6.45, 7) is 2.94. The highest BCUT2D eigenvalue weighted by Crippen LogP contribution is 2.40. The van der Waals surface area contributed by atoms with Crippen molar-refractivity contribution in [2.24, 2.45) is 4.99 Å². The van der Waals surface area contributed by atoms with Gasteiger partial charge in [0.15, 0.2) is 5.96 Å². The molecular weight excluding hydrogens is 372 g/mol. The third kappa shape index (κ3) is 4.54. The first-order chi connectivity index (χ1) is 11.2. The van der Waals surface area contributed by atoms with E-state index in [-0.39, 0.29) is 0 Å². The van der Waals surface area contributed by atoms with E-state index in [1.54, 1.807) is 11.3 Å². The fourth-order valence-corrected chi connectivity index (χ4v) is 3.66. The predicted octanol–water partition coefficient (Wildman–Crippen LogP) is 3.48. The minimum Gasteiger partial charge on any atom is -0.356 e. The van der Waals surface area contributed by atoms with Crippen molar-refractivity contribution in [3.63, 3.8) is 0 Å². The van der Waals surface area contributed by atoms with Crippen molar-refractivity contribution >= 4 is 33.2 Å². The summed E-state index contributed by atoms with van der Waals surface area (Å²) in [6.07, 6.45) is 4.02. The Labute approximate surface area is 149 Å². The number of nitrogens with one attached hydrogen (secondary N) is 2. The number of nitrogens with zero attached hydrogens (tertiary/aromatic N) is 2. The number of guanidine groups is 1. The van der Waals surface area contributed by atoms with Crippen LogP contribution >= 0.6 is 27.3 Å². The van der Waals surface area contributed by atoms with Crippen LogP contribution in [-0.4, -0.2) is 30.6 Å². The van der Waals surface area contributed by atoms with Crippen LogP contribution in [0.4, 0.5) is 0 Å². The predicted molar refractivity (Wildman–Crippen MR) is 100 cm³/mol. The minimum atomic E-state index is 0.476. The molecule has 0 aliphatic heterocycles. The fourth-order valence-electron chi connectivity index (χ4n) is 2.61. The summed E-state index contributed by atoms with van der Waals surface area (Å²) >= 11 is 5.24. The summed E-state index contributed by atoms with van der Waals surface area (Å²) < 4.78 is 1.13. The summed E-state index contributed by atoms with van der Waals surface area (Å²) in [5, 5.41) is 8.05. The molecule has 0 spiro atoms. The highest BCUT2D eigenvalue weighted by molar-refractivity contribution is 9.10. The highest BCUT2D eigenvalue weighted by Gasteiger charge is 2.38. The van der Waals surface area contributed by atoms with E-state index in [2.05, 4.69) is 67.7 Å². The second-order valence-electron chi connectivity index (χ2n) is 5.76. The number of thiazole rings is 1. The molecular formula is C17H21BrN4S. The molecule has 1 aliphatic carbocycles. The van der Waals surface area contributed by atoms with Gasteiger partial charge >= 0.3 is 0 Å². The van der Waals surface area contributed by atoms with E-state index in [4.69, 9.17) is 0 Å². The van der Waals surface area contributed by atoms with E-state index >= 15 is 0 Å². The molecule has 0 saturated heterocycles. The van der Waals surface area contributed by atoms with Gasteiger partial charge in [0, 0.05) is 47.5 Å². The Kier molecular flexibility index (Phi) is 5.33. The third-order valence-corrected chi connectivity index (χ3v) is 5.44. The molecule has 3 rings (SSSR count). The van der Waals surface area contributed by atoms with Gasteiger partial charge in [-0.1, -0.05) is 28.1 Å². The number of halogens is 1. The van der Waals surface area contributed by atoms with Crippen molar-refractivity contribution in [1.29, 1.82) is 0 Å². The lowest BCUT2D eigenvalue weighted by Gasteiger charge is -2.11. The first kappa shape index (κ1) is 16.5. The van der Waals surface area contributed by atoms with E-state index in [0.717, 1.165) is 29.8 Å². The largest absolute Gasteiger partial charge is 0.356 e. The second-order valence-corrected chi connectivity index (χ2v) is 7.99. The van der Waals surface area contributed by atoms with Crippen molar-refractivity contribution in [2.45, 2.75) is 31.7 Å². The molecule has 1 fully saturated rings. The molecule has 4 nitrogen and oxygen atoms in total. The van der Waals surface area contributed by atoms with Crippen LogP contribution in [0, 0.1) is 6.92 Å². The molecule has 1 aliphatic rings. The maximum absolute atomic E-state index is 4.38. The Morgan fingerprint density at radius 2 is 2.17 bits per heavy atom. The summed E-state index contributed by atoms with van der Waals surface area (Å²) in [7, 11) is 1.82. The van der Waals surface area contributed by atoms with Crippen molar-refractivity contribution < 1.29 is 0 Å². The molecule has 23 heavy (non-hydrogen) atoms. The highest BCUT2D eigenvalue weighted by atomic mass is 79.9. The van der Waals surface area contributed by atoms with Crippen LogP contribution in [0.3, 0.4) is 0 Å². The van der Waals surface area contributed by atoms with Crippen molar-refractivity contribution in [3.8, 4) is 0 Å². The van der Waals surface area contributed by atoms with Crippen LogP contribution in [0.5, 0.6) is 0 Å². The topological polar surface area (TPSA) is 49.3 Å². The van der Waals surface area contributed by atoms with E-state index in [0.29, 0.717) is 12.0 Å². The molecule has 122 valence electrons. The van der Waals surface area contributed by atoms with Crippen LogP contribution in [0.2, 0.25) is 0 Å². The normalized spacial score (nSPS) is 20.4. The van der Waals surface area contributed by atoms with Gasteiger partial charge in [0.2, 0.25) is 0 Å². The summed E-state index contributed by atoms with van der Waals surface area (Å²) in [6, 6.07) is 9.07. The molecule has 1 aromatic carbocycles. The lowest BCUT2D eigenvalue weighted by Crippen LogP contribution is -2.39. The zero-order valence-corrected chi connectivity index (χ0v) is 15.7. The Morgan fingerprint density at radius 3 is 2.83 bits per heavy atom. The van der Waals surface area contributed by atoms with Crippen molar-refractivity contribution in [2.75, 3.05) is 13.6 Å². The zero-order valence-electron chi connectivity index (χ0n) is 13.3. The lowest BCUT2D eigenvalue weighted by atomic mass is 10.1. The number of aliphatic imine (C=N–C) groups is 1. The molecule has 1 heterocycles. The SMILES string of the molecule is CN=C(NCCc1ncc(C)s1)NC1CC1c1ccc(Br)cc1. The summed E-state index contributed by atoms with van der Waals surface area (Å²) in [4.78, 5) is 9.96. The van der Waals surface area contributed by atoms with Gasteiger partial charge in [0.05, 0.1) is 5.01 Å². The number of aryl methyl sites for hydroxylation is 1. The molecule has 1 aromatic heterocycles. The molecule has 0 radical (unpaired) electrons. The smallest absolute Gasteiger partial charge is 0.191 e. The van der Waals surface area contributed by atoms with E-state index < -0.39 is 0 Å². The number of hydrogen-bond donors (Lipinski definition) is 2. The second kappa shape index (κ2) is 7.45. The number of hydrogen-bond acceptors (Lipinski definition) is 3. The van der Waals surface area contributed by atoms with Crippen molar-refractivity contribution in [1.82, 2.24) is 15.6 Å². The maximum Gasteiger partial charge on any atom is 0.191 e. The number of aromatic nitrogens is 1. The van der Waals surface area contributed by atoms with Gasteiger partial charge in [-0.3, -0.25) is 4.99 Å². The minimum absolute atomic E-state index is 0.476. The molecule has 2 N–H and O–H groups in total. The molecule has 2 unspecified atom stereocenters. The van der Waals surface area contributed by atoms with Gasteiger partial charge in [-0.25, -0.2) is 4.98 Å². The number of benzene rings is 1. The van der Waals surface area contributed by atoms with Crippen LogP contribution in [0.25, 0.3) is 0 Å². The Bertz CT molecular complexity index is 680. The third-order valence-electron chi connectivity index (χ3n) is 3.93. The zero-order chi connectivity index (χ0) is 16.2. The molecule has 2 aromatic rings. The van der Waals surface area contributed by atoms with E-state index in [1.807, 2.05) is 13.2 Å². The molecule has 1 saturated carbocycles. The summed E-state index contributed by atoms with van der Waals surface area (Å²) in [5.74, 6) is 1.46. The average molecular weight is 393 g/mol. The van der Waals surface area contributed by atoms with Gasteiger partial charge in [0.1, 0.15) is 0 Å². The first-order valence-electron chi connectivity index (χ1n) is 7.79. The van der Waals surface area contributed by atoms with Crippen LogP contribution in [-0.2, 0) is 6.42 Å². The Balaban J connectivity index is 1.44. The van der Waals surface area contributed by atoms with Crippen molar-refractivity contribution in [3.05, 3.63) is 50.4 Å². The van der Waals surface area contributed by atoms with Crippen LogP contribution < -0.4 is 10.6 Å².